The van der Waals surface area contributed by atoms with Crippen molar-refractivity contribution < 1.29 is 23.4 Å². The van der Waals surface area contributed by atoms with Crippen LogP contribution in [-0.4, -0.2) is 42.6 Å². The van der Waals surface area contributed by atoms with Crippen LogP contribution in [0, 0.1) is 12.7 Å². The van der Waals surface area contributed by atoms with Crippen molar-refractivity contribution in [1.29, 1.82) is 0 Å². The van der Waals surface area contributed by atoms with Gasteiger partial charge >= 0.3 is 0 Å². The molecule has 12 heteroatoms. The highest BCUT2D eigenvalue weighted by Gasteiger charge is 2.20. The van der Waals surface area contributed by atoms with Gasteiger partial charge in [0.15, 0.2) is 23.9 Å². The van der Waals surface area contributed by atoms with Gasteiger partial charge in [-0.25, -0.2) is 9.37 Å². The maximum Gasteiger partial charge on any atom is 0.282 e. The maximum atomic E-state index is 13.9. The summed E-state index contributed by atoms with van der Waals surface area (Å²) in [4.78, 5) is 31.3. The minimum atomic E-state index is -0.489. The Labute approximate surface area is 287 Å². The van der Waals surface area contributed by atoms with Crippen LogP contribution in [0.2, 0.25) is 0 Å². The number of nitrogens with zero attached hydrogens (tertiary/aromatic N) is 3. The Morgan fingerprint density at radius 1 is 1.02 bits per heavy atom. The molecular weight excluding hydrogens is 735 g/mol. The summed E-state index contributed by atoms with van der Waals surface area (Å²) in [6.45, 7) is 5.71. The molecular formula is C35H31Br2FN4O5. The SMILES string of the molecule is COc1cc(C)c(-c2nc3ccccc3c(=O)n2N=Cc2cc(OC)c(OCC(=O)Nc3cccc(F)c3)c(Br)c2Br)cc1C(C)C. The molecule has 1 aromatic heterocycles. The van der Waals surface area contributed by atoms with Crippen molar-refractivity contribution >= 4 is 60.6 Å². The van der Waals surface area contributed by atoms with Gasteiger partial charge in [0, 0.05) is 21.3 Å². The molecule has 1 amide bonds. The zero-order valence-electron chi connectivity index (χ0n) is 26.2. The molecule has 0 saturated heterocycles. The molecule has 4 aromatic carbocycles. The van der Waals surface area contributed by atoms with Gasteiger partial charge in [-0.3, -0.25) is 9.59 Å². The van der Waals surface area contributed by atoms with Gasteiger partial charge in [0.25, 0.3) is 11.5 Å². The fraction of sp³-hybridized carbons (Fsp3) is 0.200. The average molecular weight is 766 g/mol. The van der Waals surface area contributed by atoms with Crippen LogP contribution in [0.15, 0.2) is 85.6 Å². The first-order valence-corrected chi connectivity index (χ1v) is 16.1. The number of fused-ring (bicyclic) bond motifs is 1. The monoisotopic (exact) mass is 764 g/mol. The molecule has 0 fully saturated rings. The molecule has 5 rings (SSSR count). The Balaban J connectivity index is 1.54. The molecule has 0 saturated carbocycles. The zero-order chi connectivity index (χ0) is 33.8. The molecule has 1 N–H and O–H groups in total. The second-order valence-corrected chi connectivity index (χ2v) is 12.4. The van der Waals surface area contributed by atoms with E-state index >= 15 is 0 Å². The molecule has 0 spiro atoms. The lowest BCUT2D eigenvalue weighted by Gasteiger charge is -2.17. The van der Waals surface area contributed by atoms with Crippen molar-refractivity contribution in [3.8, 4) is 28.6 Å². The van der Waals surface area contributed by atoms with Crippen molar-refractivity contribution in [3.63, 3.8) is 0 Å². The summed E-state index contributed by atoms with van der Waals surface area (Å²) in [5.74, 6) is 0.886. The van der Waals surface area contributed by atoms with Crippen LogP contribution in [0.5, 0.6) is 17.2 Å². The van der Waals surface area contributed by atoms with Crippen LogP contribution in [0.1, 0.15) is 36.5 Å². The van der Waals surface area contributed by atoms with Gasteiger partial charge in [-0.2, -0.15) is 9.78 Å². The van der Waals surface area contributed by atoms with E-state index in [4.69, 9.17) is 19.2 Å². The third-order valence-corrected chi connectivity index (χ3v) is 9.48. The molecule has 0 unspecified atom stereocenters. The quantitative estimate of drug-likeness (QED) is 0.144. The number of ether oxygens (including phenoxy) is 3. The standard InChI is InChI=1S/C35H31Br2FN4O5/c1-19(2)25-16-26(20(3)13-28(25)45-4)34-41-27-12-7-6-11-24(27)35(44)42(34)39-17-21-14-29(46-5)33(32(37)31(21)36)47-18-30(43)40-23-10-8-9-22(38)15-23/h6-17,19H,18H2,1-5H3,(H,40,43). The summed E-state index contributed by atoms with van der Waals surface area (Å²) in [5.41, 5.74) is 3.65. The fourth-order valence-electron chi connectivity index (χ4n) is 4.98. The van der Waals surface area contributed by atoms with Crippen molar-refractivity contribution in [2.24, 2.45) is 5.10 Å². The number of hydrogen-bond donors (Lipinski definition) is 1. The molecule has 0 aliphatic heterocycles. The Kier molecular flexibility index (Phi) is 10.4. The summed E-state index contributed by atoms with van der Waals surface area (Å²) >= 11 is 7.11. The van der Waals surface area contributed by atoms with E-state index < -0.39 is 11.7 Å². The highest BCUT2D eigenvalue weighted by atomic mass is 79.9. The molecule has 0 aliphatic rings. The highest BCUT2D eigenvalue weighted by Crippen LogP contribution is 2.42. The normalized spacial score (nSPS) is 11.3. The number of aromatic nitrogens is 2. The number of anilines is 1. The van der Waals surface area contributed by atoms with E-state index in [1.165, 1.54) is 36.2 Å². The van der Waals surface area contributed by atoms with Gasteiger partial charge in [0.05, 0.1) is 35.8 Å². The smallest absolute Gasteiger partial charge is 0.282 e. The number of aryl methyl sites for hydroxylation is 1. The number of amides is 1. The van der Waals surface area contributed by atoms with E-state index in [0.717, 1.165) is 22.4 Å². The summed E-state index contributed by atoms with van der Waals surface area (Å²) in [6, 6.07) is 18.3. The number of hydrogen-bond acceptors (Lipinski definition) is 7. The van der Waals surface area contributed by atoms with E-state index in [-0.39, 0.29) is 23.8 Å². The second-order valence-electron chi connectivity index (χ2n) is 10.9. The van der Waals surface area contributed by atoms with Crippen LogP contribution in [0.3, 0.4) is 0 Å². The summed E-state index contributed by atoms with van der Waals surface area (Å²) in [5, 5.41) is 7.65. The number of nitrogens with one attached hydrogen (secondary N) is 1. The summed E-state index contributed by atoms with van der Waals surface area (Å²) < 4.78 is 32.8. The Morgan fingerprint density at radius 3 is 2.47 bits per heavy atom. The van der Waals surface area contributed by atoms with Gasteiger partial charge < -0.3 is 19.5 Å². The largest absolute Gasteiger partial charge is 0.496 e. The molecule has 5 aromatic rings. The minimum absolute atomic E-state index is 0.155. The second kappa shape index (κ2) is 14.5. The summed E-state index contributed by atoms with van der Waals surface area (Å²) in [6.07, 6.45) is 1.52. The minimum Gasteiger partial charge on any atom is -0.496 e. The molecule has 9 nitrogen and oxygen atoms in total. The van der Waals surface area contributed by atoms with Crippen molar-refractivity contribution in [1.82, 2.24) is 9.66 Å². The van der Waals surface area contributed by atoms with Crippen LogP contribution >= 0.6 is 31.9 Å². The van der Waals surface area contributed by atoms with Crippen molar-refractivity contribution in [3.05, 3.63) is 109 Å². The number of methoxy groups -OCH3 is 2. The Morgan fingerprint density at radius 2 is 1.77 bits per heavy atom. The third-order valence-electron chi connectivity index (χ3n) is 7.34. The summed E-state index contributed by atoms with van der Waals surface area (Å²) in [7, 11) is 3.10. The first-order chi connectivity index (χ1) is 22.5. The van der Waals surface area contributed by atoms with Gasteiger partial charge in [0.1, 0.15) is 11.6 Å². The average Bonchev–Trinajstić information content (AvgIpc) is 3.05. The molecule has 0 aliphatic carbocycles. The zero-order valence-corrected chi connectivity index (χ0v) is 29.4. The highest BCUT2D eigenvalue weighted by molar-refractivity contribution is 9.13. The van der Waals surface area contributed by atoms with Crippen LogP contribution in [-0.2, 0) is 4.79 Å². The lowest BCUT2D eigenvalue weighted by atomic mass is 9.96. The molecule has 0 radical (unpaired) electrons. The van der Waals surface area contributed by atoms with Gasteiger partial charge in [-0.1, -0.05) is 32.0 Å². The third kappa shape index (κ3) is 7.23. The Bertz CT molecular complexity index is 2080. The number of carbonyl (C=O) groups is 1. The van der Waals surface area contributed by atoms with Gasteiger partial charge in [0.2, 0.25) is 0 Å². The van der Waals surface area contributed by atoms with Crippen molar-refractivity contribution in [2.75, 3.05) is 26.1 Å². The van der Waals surface area contributed by atoms with Crippen LogP contribution in [0.25, 0.3) is 22.3 Å². The lowest BCUT2D eigenvalue weighted by molar-refractivity contribution is -0.118. The number of halogens is 3. The number of carbonyl (C=O) groups excluding carboxylic acids is 1. The fourth-order valence-corrected chi connectivity index (χ4v) is 5.91. The lowest BCUT2D eigenvalue weighted by Crippen LogP contribution is -2.21. The number of rotatable bonds is 10. The maximum absolute atomic E-state index is 13.9. The van der Waals surface area contributed by atoms with E-state index in [1.54, 1.807) is 37.4 Å². The van der Waals surface area contributed by atoms with E-state index in [2.05, 4.69) is 56.1 Å². The number of benzene rings is 4. The first kappa shape index (κ1) is 33.8. The predicted molar refractivity (Wildman–Crippen MR) is 189 cm³/mol. The molecule has 0 bridgehead atoms. The van der Waals surface area contributed by atoms with E-state index in [1.807, 2.05) is 25.1 Å². The van der Waals surface area contributed by atoms with Crippen LogP contribution in [0.4, 0.5) is 10.1 Å². The predicted octanol–water partition coefficient (Wildman–Crippen LogP) is 8.08. The molecule has 0 atom stereocenters. The molecule has 47 heavy (non-hydrogen) atoms. The molecule has 242 valence electrons. The first-order valence-electron chi connectivity index (χ1n) is 14.5. The van der Waals surface area contributed by atoms with Crippen LogP contribution < -0.4 is 25.1 Å². The van der Waals surface area contributed by atoms with Crippen molar-refractivity contribution in [2.45, 2.75) is 26.7 Å². The van der Waals surface area contributed by atoms with Gasteiger partial charge in [-0.15, -0.1) is 0 Å². The van der Waals surface area contributed by atoms with Gasteiger partial charge in [-0.05, 0) is 104 Å². The molecule has 1 heterocycles. The number of para-hydroxylation sites is 1. The topological polar surface area (TPSA) is 104 Å². The van der Waals surface area contributed by atoms with E-state index in [0.29, 0.717) is 42.7 Å². The Hall–Kier alpha value is -4.55. The van der Waals surface area contributed by atoms with E-state index in [9.17, 15) is 14.0 Å².